The summed E-state index contributed by atoms with van der Waals surface area (Å²) in [5, 5.41) is 6.01. The van der Waals surface area contributed by atoms with Gasteiger partial charge >= 0.3 is 0 Å². The van der Waals surface area contributed by atoms with Crippen LogP contribution in [-0.2, 0) is 16.0 Å². The Kier molecular flexibility index (Phi) is 5.33. The van der Waals surface area contributed by atoms with Crippen molar-refractivity contribution < 1.29 is 9.59 Å². The molecule has 1 aliphatic rings. The molecule has 21 heavy (non-hydrogen) atoms. The second-order valence-electron chi connectivity index (χ2n) is 6.04. The van der Waals surface area contributed by atoms with Gasteiger partial charge in [-0.2, -0.15) is 0 Å². The number of amides is 2. The molecule has 6 heteroatoms. The summed E-state index contributed by atoms with van der Waals surface area (Å²) >= 11 is 1.60. The standard InChI is InChI=1S/C15H23N3O2S/c1-9(2)15-18-12(8-21-15)7-13(19)17-11-5-3-4-10(6-11)14(16)20/h8-11H,3-7H2,1-2H3,(H2,16,20)(H,17,19)/t10-,11-/m0/s1. The van der Waals surface area contributed by atoms with Crippen LogP contribution >= 0.6 is 11.3 Å². The first-order chi connectivity index (χ1) is 9.95. The minimum atomic E-state index is -0.255. The molecule has 0 aliphatic heterocycles. The third-order valence-corrected chi connectivity index (χ3v) is 5.04. The highest BCUT2D eigenvalue weighted by molar-refractivity contribution is 7.09. The molecular formula is C15H23N3O2S. The molecule has 5 nitrogen and oxygen atoms in total. The van der Waals surface area contributed by atoms with E-state index in [1.807, 2.05) is 5.38 Å². The molecule has 1 heterocycles. The zero-order valence-corrected chi connectivity index (χ0v) is 13.4. The molecule has 1 saturated carbocycles. The number of carbonyl (C=O) groups excluding carboxylic acids is 2. The van der Waals surface area contributed by atoms with Gasteiger partial charge < -0.3 is 11.1 Å². The first kappa shape index (κ1) is 15.9. The van der Waals surface area contributed by atoms with Crippen molar-refractivity contribution >= 4 is 23.2 Å². The normalized spacial score (nSPS) is 22.2. The van der Waals surface area contributed by atoms with E-state index in [4.69, 9.17) is 5.73 Å². The van der Waals surface area contributed by atoms with Gasteiger partial charge in [0.15, 0.2) is 0 Å². The minimum Gasteiger partial charge on any atom is -0.369 e. The zero-order valence-electron chi connectivity index (χ0n) is 12.6. The summed E-state index contributed by atoms with van der Waals surface area (Å²) < 4.78 is 0. The number of hydrogen-bond acceptors (Lipinski definition) is 4. The Bertz CT molecular complexity index is 513. The van der Waals surface area contributed by atoms with Gasteiger partial charge in [-0.3, -0.25) is 9.59 Å². The summed E-state index contributed by atoms with van der Waals surface area (Å²) in [6.07, 6.45) is 3.67. The second-order valence-corrected chi connectivity index (χ2v) is 6.93. The lowest BCUT2D eigenvalue weighted by Crippen LogP contribution is -2.41. The Morgan fingerprint density at radius 3 is 2.86 bits per heavy atom. The number of rotatable bonds is 5. The monoisotopic (exact) mass is 309 g/mol. The highest BCUT2D eigenvalue weighted by atomic mass is 32.1. The van der Waals surface area contributed by atoms with Crippen LogP contribution in [0.3, 0.4) is 0 Å². The van der Waals surface area contributed by atoms with E-state index in [1.165, 1.54) is 0 Å². The van der Waals surface area contributed by atoms with Gasteiger partial charge in [-0.05, 0) is 19.3 Å². The van der Waals surface area contributed by atoms with Gasteiger partial charge in [-0.1, -0.05) is 20.3 Å². The second kappa shape index (κ2) is 7.02. The molecule has 2 amide bonds. The van der Waals surface area contributed by atoms with Gasteiger partial charge in [-0.15, -0.1) is 11.3 Å². The van der Waals surface area contributed by atoms with Crippen molar-refractivity contribution in [3.05, 3.63) is 16.1 Å². The van der Waals surface area contributed by atoms with Crippen LogP contribution in [0.2, 0.25) is 0 Å². The molecule has 0 aromatic carbocycles. The molecule has 0 saturated heterocycles. The fourth-order valence-corrected chi connectivity index (χ4v) is 3.53. The van der Waals surface area contributed by atoms with E-state index in [0.717, 1.165) is 30.0 Å². The Morgan fingerprint density at radius 1 is 1.48 bits per heavy atom. The topological polar surface area (TPSA) is 85.1 Å². The Hall–Kier alpha value is -1.43. The van der Waals surface area contributed by atoms with E-state index >= 15 is 0 Å². The van der Waals surface area contributed by atoms with Gasteiger partial charge in [0.1, 0.15) is 0 Å². The zero-order chi connectivity index (χ0) is 15.4. The van der Waals surface area contributed by atoms with Gasteiger partial charge in [0.2, 0.25) is 11.8 Å². The van der Waals surface area contributed by atoms with Crippen LogP contribution in [-0.4, -0.2) is 22.8 Å². The minimum absolute atomic E-state index is 0.0225. The smallest absolute Gasteiger partial charge is 0.226 e. The Balaban J connectivity index is 1.84. The summed E-state index contributed by atoms with van der Waals surface area (Å²) in [6.45, 7) is 4.18. The number of carbonyl (C=O) groups is 2. The first-order valence-electron chi connectivity index (χ1n) is 7.48. The molecule has 0 unspecified atom stereocenters. The molecule has 2 rings (SSSR count). The van der Waals surface area contributed by atoms with E-state index < -0.39 is 0 Å². The molecule has 3 N–H and O–H groups in total. The van der Waals surface area contributed by atoms with Crippen LogP contribution in [0, 0.1) is 5.92 Å². The van der Waals surface area contributed by atoms with Gasteiger partial charge in [0, 0.05) is 23.3 Å². The fraction of sp³-hybridized carbons (Fsp3) is 0.667. The molecule has 0 radical (unpaired) electrons. The molecule has 1 aliphatic carbocycles. The molecule has 1 aromatic heterocycles. The Morgan fingerprint density at radius 2 is 2.24 bits per heavy atom. The lowest BCUT2D eigenvalue weighted by molar-refractivity contribution is -0.125. The van der Waals surface area contributed by atoms with Gasteiger partial charge in [-0.25, -0.2) is 4.98 Å². The van der Waals surface area contributed by atoms with Crippen molar-refractivity contribution in [1.82, 2.24) is 10.3 Å². The predicted octanol–water partition coefficient (Wildman–Crippen LogP) is 1.97. The number of primary amides is 1. The summed E-state index contributed by atoms with van der Waals surface area (Å²) in [7, 11) is 0. The van der Waals surface area contributed by atoms with Crippen LogP contribution in [0.5, 0.6) is 0 Å². The van der Waals surface area contributed by atoms with Crippen molar-refractivity contribution in [2.45, 2.75) is 57.9 Å². The average Bonchev–Trinajstić information content (AvgIpc) is 2.87. The van der Waals surface area contributed by atoms with E-state index in [2.05, 4.69) is 24.1 Å². The molecule has 2 atom stereocenters. The van der Waals surface area contributed by atoms with Crippen LogP contribution < -0.4 is 11.1 Å². The van der Waals surface area contributed by atoms with E-state index in [-0.39, 0.29) is 23.8 Å². The molecule has 1 fully saturated rings. The lowest BCUT2D eigenvalue weighted by atomic mass is 9.85. The van der Waals surface area contributed by atoms with E-state index in [9.17, 15) is 9.59 Å². The molecule has 0 bridgehead atoms. The molecule has 1 aromatic rings. The largest absolute Gasteiger partial charge is 0.369 e. The third-order valence-electron chi connectivity index (χ3n) is 3.85. The maximum Gasteiger partial charge on any atom is 0.226 e. The van der Waals surface area contributed by atoms with Crippen LogP contribution in [0.4, 0.5) is 0 Å². The summed E-state index contributed by atoms with van der Waals surface area (Å²) in [6, 6.07) is 0.0620. The number of nitrogens with one attached hydrogen (secondary N) is 1. The van der Waals surface area contributed by atoms with Crippen molar-refractivity contribution in [2.75, 3.05) is 0 Å². The number of aromatic nitrogens is 1. The average molecular weight is 309 g/mol. The van der Waals surface area contributed by atoms with E-state index in [1.54, 1.807) is 11.3 Å². The molecule has 116 valence electrons. The summed E-state index contributed by atoms with van der Waals surface area (Å²) in [5.74, 6) is 0.0121. The molecule has 0 spiro atoms. The highest BCUT2D eigenvalue weighted by Crippen LogP contribution is 2.24. The van der Waals surface area contributed by atoms with Crippen molar-refractivity contribution in [1.29, 1.82) is 0 Å². The van der Waals surface area contributed by atoms with Crippen LogP contribution in [0.15, 0.2) is 5.38 Å². The van der Waals surface area contributed by atoms with Gasteiger partial charge in [0.05, 0.1) is 17.1 Å². The number of hydrogen-bond donors (Lipinski definition) is 2. The maximum atomic E-state index is 12.1. The molecular weight excluding hydrogens is 286 g/mol. The number of nitrogens with two attached hydrogens (primary N) is 1. The quantitative estimate of drug-likeness (QED) is 0.872. The van der Waals surface area contributed by atoms with E-state index in [0.29, 0.717) is 18.8 Å². The summed E-state index contributed by atoms with van der Waals surface area (Å²) in [5.41, 5.74) is 6.18. The number of thiazole rings is 1. The predicted molar refractivity (Wildman–Crippen MR) is 83.0 cm³/mol. The van der Waals surface area contributed by atoms with Crippen molar-refractivity contribution in [3.63, 3.8) is 0 Å². The Labute approximate surface area is 129 Å². The third kappa shape index (κ3) is 4.52. The summed E-state index contributed by atoms with van der Waals surface area (Å²) in [4.78, 5) is 27.8. The SMILES string of the molecule is CC(C)c1nc(CC(=O)N[C@H]2CCC[C@H](C(N)=O)C2)cs1. The van der Waals surface area contributed by atoms with Crippen molar-refractivity contribution in [3.8, 4) is 0 Å². The first-order valence-corrected chi connectivity index (χ1v) is 8.36. The van der Waals surface area contributed by atoms with Crippen LogP contribution in [0.25, 0.3) is 0 Å². The van der Waals surface area contributed by atoms with Crippen molar-refractivity contribution in [2.24, 2.45) is 11.7 Å². The number of nitrogens with zero attached hydrogens (tertiary/aromatic N) is 1. The van der Waals surface area contributed by atoms with Gasteiger partial charge in [0.25, 0.3) is 0 Å². The van der Waals surface area contributed by atoms with Crippen LogP contribution in [0.1, 0.15) is 56.2 Å². The lowest BCUT2D eigenvalue weighted by Gasteiger charge is -2.27. The maximum absolute atomic E-state index is 12.1. The highest BCUT2D eigenvalue weighted by Gasteiger charge is 2.26. The fourth-order valence-electron chi connectivity index (χ4n) is 2.69.